The molecule has 0 aliphatic heterocycles. The van der Waals surface area contributed by atoms with E-state index >= 15 is 0 Å². The maximum Gasteiger partial charge on any atom is 0.264 e. The predicted molar refractivity (Wildman–Crippen MR) is 154 cm³/mol. The fourth-order valence-electron chi connectivity index (χ4n) is 3.93. The Kier molecular flexibility index (Phi) is 8.78. The first kappa shape index (κ1) is 27.6. The van der Waals surface area contributed by atoms with Crippen LogP contribution in [0.1, 0.15) is 40.1 Å². The van der Waals surface area contributed by atoms with Crippen LogP contribution in [0.3, 0.4) is 0 Å². The summed E-state index contributed by atoms with van der Waals surface area (Å²) in [5, 5.41) is 5.69. The Balaban J connectivity index is 1.53. The van der Waals surface area contributed by atoms with Crippen molar-refractivity contribution in [2.75, 3.05) is 16.2 Å². The van der Waals surface area contributed by atoms with Gasteiger partial charge in [-0.15, -0.1) is 0 Å². The van der Waals surface area contributed by atoms with Crippen molar-refractivity contribution < 1.29 is 18.0 Å². The van der Waals surface area contributed by atoms with Gasteiger partial charge >= 0.3 is 0 Å². The van der Waals surface area contributed by atoms with Crippen molar-refractivity contribution in [3.8, 4) is 0 Å². The van der Waals surface area contributed by atoms with E-state index in [1.807, 2.05) is 19.9 Å². The van der Waals surface area contributed by atoms with E-state index in [2.05, 4.69) is 10.6 Å². The highest BCUT2D eigenvalue weighted by atomic mass is 32.2. The number of hydrogen-bond donors (Lipinski definition) is 2. The normalized spacial score (nSPS) is 11.2. The summed E-state index contributed by atoms with van der Waals surface area (Å²) in [6, 6.07) is 30.8. The third-order valence-electron chi connectivity index (χ3n) is 6.01. The van der Waals surface area contributed by atoms with E-state index in [9.17, 15) is 18.0 Å². The first-order chi connectivity index (χ1) is 18.8. The van der Waals surface area contributed by atoms with E-state index in [0.29, 0.717) is 40.5 Å². The average Bonchev–Trinajstić information content (AvgIpc) is 2.96. The lowest BCUT2D eigenvalue weighted by atomic mass is 10.1. The minimum atomic E-state index is -3.83. The fraction of sp³-hybridized carbons (Fsp3) is 0.161. The number of amides is 2. The molecule has 8 heteroatoms. The molecule has 4 aromatic rings. The van der Waals surface area contributed by atoms with Gasteiger partial charge in [-0.25, -0.2) is 8.42 Å². The second-order valence-electron chi connectivity index (χ2n) is 9.46. The topological polar surface area (TPSA) is 95.6 Å². The number of benzene rings is 4. The summed E-state index contributed by atoms with van der Waals surface area (Å²) >= 11 is 0. The Morgan fingerprint density at radius 2 is 1.33 bits per heavy atom. The minimum Gasteiger partial charge on any atom is -0.352 e. The molecule has 0 fully saturated rings. The van der Waals surface area contributed by atoms with Crippen molar-refractivity contribution in [3.63, 3.8) is 0 Å². The zero-order chi connectivity index (χ0) is 27.8. The van der Waals surface area contributed by atoms with Crippen molar-refractivity contribution in [1.82, 2.24) is 5.32 Å². The molecule has 0 heterocycles. The van der Waals surface area contributed by atoms with Crippen molar-refractivity contribution in [3.05, 3.63) is 126 Å². The molecule has 0 unspecified atom stereocenters. The fourth-order valence-corrected chi connectivity index (χ4v) is 5.41. The SMILES string of the molecule is CC(C)CNC(=O)c1ccccc1NC(=O)c1ccc(CN(c2ccccc2)S(=O)(=O)c2ccccc2)cc1. The minimum absolute atomic E-state index is 0.0853. The van der Waals surface area contributed by atoms with Gasteiger partial charge in [-0.1, -0.05) is 74.5 Å². The predicted octanol–water partition coefficient (Wildman–Crippen LogP) is 5.72. The summed E-state index contributed by atoms with van der Waals surface area (Å²) in [5.74, 6) is -0.326. The van der Waals surface area contributed by atoms with Gasteiger partial charge in [-0.05, 0) is 60.0 Å². The Morgan fingerprint density at radius 1 is 0.744 bits per heavy atom. The van der Waals surface area contributed by atoms with E-state index in [1.165, 1.54) is 4.31 Å². The van der Waals surface area contributed by atoms with Crippen molar-refractivity contribution in [2.45, 2.75) is 25.3 Å². The van der Waals surface area contributed by atoms with Gasteiger partial charge in [0.25, 0.3) is 21.8 Å². The molecule has 200 valence electrons. The van der Waals surface area contributed by atoms with E-state index in [4.69, 9.17) is 0 Å². The second kappa shape index (κ2) is 12.4. The van der Waals surface area contributed by atoms with Crippen molar-refractivity contribution in [1.29, 1.82) is 0 Å². The summed E-state index contributed by atoms with van der Waals surface area (Å²) in [4.78, 5) is 25.8. The maximum atomic E-state index is 13.5. The second-order valence-corrected chi connectivity index (χ2v) is 11.3. The lowest BCUT2D eigenvalue weighted by Crippen LogP contribution is -2.30. The first-order valence-electron chi connectivity index (χ1n) is 12.7. The molecule has 39 heavy (non-hydrogen) atoms. The molecule has 7 nitrogen and oxygen atoms in total. The van der Waals surface area contributed by atoms with Crippen LogP contribution in [0.4, 0.5) is 11.4 Å². The maximum absolute atomic E-state index is 13.5. The van der Waals surface area contributed by atoms with Gasteiger partial charge in [-0.3, -0.25) is 13.9 Å². The van der Waals surface area contributed by atoms with Crippen LogP contribution in [0.15, 0.2) is 114 Å². The molecule has 4 aromatic carbocycles. The molecule has 2 amide bonds. The number of nitrogens with one attached hydrogen (secondary N) is 2. The largest absolute Gasteiger partial charge is 0.352 e. The van der Waals surface area contributed by atoms with Crippen molar-refractivity contribution in [2.24, 2.45) is 5.92 Å². The van der Waals surface area contributed by atoms with Crippen LogP contribution in [0, 0.1) is 5.92 Å². The number of carbonyl (C=O) groups excluding carboxylic acids is 2. The van der Waals surface area contributed by atoms with Crippen LogP contribution >= 0.6 is 0 Å². The van der Waals surface area contributed by atoms with Gasteiger partial charge in [0.2, 0.25) is 0 Å². The van der Waals surface area contributed by atoms with Gasteiger partial charge in [0.1, 0.15) is 0 Å². The molecule has 0 radical (unpaired) electrons. The Bertz CT molecular complexity index is 1520. The molecule has 0 aromatic heterocycles. The van der Waals surface area contributed by atoms with E-state index < -0.39 is 10.0 Å². The lowest BCUT2D eigenvalue weighted by Gasteiger charge is -2.25. The molecule has 0 aliphatic carbocycles. The number of nitrogens with zero attached hydrogens (tertiary/aromatic N) is 1. The van der Waals surface area contributed by atoms with Gasteiger partial charge in [-0.2, -0.15) is 0 Å². The highest BCUT2D eigenvalue weighted by molar-refractivity contribution is 7.92. The molecule has 0 saturated heterocycles. The average molecular weight is 542 g/mol. The number of carbonyl (C=O) groups is 2. The van der Waals surface area contributed by atoms with Crippen LogP contribution in [-0.2, 0) is 16.6 Å². The molecular weight excluding hydrogens is 510 g/mol. The third kappa shape index (κ3) is 6.91. The molecule has 2 N–H and O–H groups in total. The molecule has 4 rings (SSSR count). The number of sulfonamides is 1. The Hall–Kier alpha value is -4.43. The third-order valence-corrected chi connectivity index (χ3v) is 7.80. The quantitative estimate of drug-likeness (QED) is 0.268. The summed E-state index contributed by atoms with van der Waals surface area (Å²) in [6.07, 6.45) is 0. The summed E-state index contributed by atoms with van der Waals surface area (Å²) in [7, 11) is -3.83. The van der Waals surface area contributed by atoms with Crippen LogP contribution in [0.25, 0.3) is 0 Å². The van der Waals surface area contributed by atoms with Gasteiger partial charge in [0, 0.05) is 12.1 Å². The smallest absolute Gasteiger partial charge is 0.264 e. The van der Waals surface area contributed by atoms with Crippen LogP contribution in [-0.4, -0.2) is 26.8 Å². The number of anilines is 2. The molecule has 0 saturated carbocycles. The monoisotopic (exact) mass is 541 g/mol. The van der Waals surface area contributed by atoms with Crippen molar-refractivity contribution >= 4 is 33.2 Å². The standard InChI is InChI=1S/C31H31N3O4S/c1-23(2)21-32-31(36)28-15-9-10-16-29(28)33-30(35)25-19-17-24(18-20-25)22-34(26-11-5-3-6-12-26)39(37,38)27-13-7-4-8-14-27/h3-20,23H,21-22H2,1-2H3,(H,32,36)(H,33,35). The van der Waals surface area contributed by atoms with Gasteiger partial charge in [0.05, 0.1) is 28.4 Å². The molecular formula is C31H31N3O4S. The van der Waals surface area contributed by atoms with Crippen LogP contribution in [0.5, 0.6) is 0 Å². The Morgan fingerprint density at radius 3 is 1.97 bits per heavy atom. The van der Waals surface area contributed by atoms with E-state index in [-0.39, 0.29) is 23.3 Å². The molecule has 0 bridgehead atoms. The van der Waals surface area contributed by atoms with Gasteiger partial charge in [0.15, 0.2) is 0 Å². The van der Waals surface area contributed by atoms with Gasteiger partial charge < -0.3 is 10.6 Å². The Labute approximate surface area is 229 Å². The summed E-state index contributed by atoms with van der Waals surface area (Å²) in [5.41, 5.74) is 2.43. The summed E-state index contributed by atoms with van der Waals surface area (Å²) in [6.45, 7) is 4.63. The first-order valence-corrected chi connectivity index (χ1v) is 14.1. The van der Waals surface area contributed by atoms with Crippen LogP contribution in [0.2, 0.25) is 0 Å². The lowest BCUT2D eigenvalue weighted by molar-refractivity contribution is 0.0950. The zero-order valence-corrected chi connectivity index (χ0v) is 22.7. The van der Waals surface area contributed by atoms with Crippen LogP contribution < -0.4 is 14.9 Å². The summed E-state index contributed by atoms with van der Waals surface area (Å²) < 4.78 is 28.4. The molecule has 0 atom stereocenters. The number of para-hydroxylation sites is 2. The highest BCUT2D eigenvalue weighted by Crippen LogP contribution is 2.26. The molecule has 0 spiro atoms. The number of rotatable bonds is 10. The number of hydrogen-bond acceptors (Lipinski definition) is 4. The van der Waals surface area contributed by atoms with E-state index in [1.54, 1.807) is 103 Å². The van der Waals surface area contributed by atoms with E-state index in [0.717, 1.165) is 0 Å². The zero-order valence-electron chi connectivity index (χ0n) is 21.9. The highest BCUT2D eigenvalue weighted by Gasteiger charge is 2.25. The molecule has 0 aliphatic rings.